The van der Waals surface area contributed by atoms with E-state index in [1.807, 2.05) is 0 Å². The normalized spacial score (nSPS) is 46.5. The minimum atomic E-state index is 0.627. The van der Waals surface area contributed by atoms with Gasteiger partial charge in [-0.25, -0.2) is 0 Å². The number of rotatable bonds is 3. The van der Waals surface area contributed by atoms with E-state index in [0.29, 0.717) is 5.41 Å². The van der Waals surface area contributed by atoms with E-state index in [9.17, 15) is 0 Å². The van der Waals surface area contributed by atoms with Crippen LogP contribution in [0.25, 0.3) is 0 Å². The van der Waals surface area contributed by atoms with Crippen molar-refractivity contribution in [1.82, 2.24) is 0 Å². The van der Waals surface area contributed by atoms with E-state index < -0.39 is 0 Å². The van der Waals surface area contributed by atoms with Gasteiger partial charge in [-0.05, 0) is 54.3 Å². The smallest absolute Gasteiger partial charge is 0.0269 e. The minimum Gasteiger partial charge on any atom is -0.0651 e. The second kappa shape index (κ2) is 5.55. The summed E-state index contributed by atoms with van der Waals surface area (Å²) in [5, 5.41) is 0. The lowest BCUT2D eigenvalue weighted by atomic mass is 9.50. The Morgan fingerprint density at radius 3 is 2.44 bits per heavy atom. The lowest BCUT2D eigenvalue weighted by Gasteiger charge is -2.55. The molecule has 2 saturated carbocycles. The Labute approximate surface area is 115 Å². The molecular formula is C18H34. The topological polar surface area (TPSA) is 0 Å². The summed E-state index contributed by atoms with van der Waals surface area (Å²) in [5.41, 5.74) is 0.627. The summed E-state index contributed by atoms with van der Waals surface area (Å²) < 4.78 is 0. The molecular weight excluding hydrogens is 216 g/mol. The second-order valence-corrected chi connectivity index (χ2v) is 7.60. The monoisotopic (exact) mass is 250 g/mol. The van der Waals surface area contributed by atoms with Gasteiger partial charge < -0.3 is 0 Å². The zero-order valence-corrected chi connectivity index (χ0v) is 13.3. The van der Waals surface area contributed by atoms with Crippen molar-refractivity contribution in [3.8, 4) is 0 Å². The van der Waals surface area contributed by atoms with Crippen molar-refractivity contribution in [2.45, 2.75) is 79.6 Å². The molecule has 0 aromatic heterocycles. The van der Waals surface area contributed by atoms with Gasteiger partial charge in [0.15, 0.2) is 0 Å². The van der Waals surface area contributed by atoms with Gasteiger partial charge in [-0.3, -0.25) is 0 Å². The molecule has 0 heteroatoms. The van der Waals surface area contributed by atoms with Gasteiger partial charge in [-0.2, -0.15) is 0 Å². The number of hydrogen-bond donors (Lipinski definition) is 0. The van der Waals surface area contributed by atoms with Gasteiger partial charge in [0.25, 0.3) is 0 Å². The molecule has 2 unspecified atom stereocenters. The molecule has 0 aromatic rings. The Balaban J connectivity index is 2.22. The lowest BCUT2D eigenvalue weighted by molar-refractivity contribution is -0.0602. The summed E-state index contributed by atoms with van der Waals surface area (Å²) in [6.07, 6.45) is 10.3. The van der Waals surface area contributed by atoms with Crippen molar-refractivity contribution in [3.63, 3.8) is 0 Å². The molecule has 0 aromatic carbocycles. The molecule has 0 heterocycles. The summed E-state index contributed by atoms with van der Waals surface area (Å²) in [6.45, 7) is 12.5. The number of fused-ring (bicyclic) bond motifs is 1. The fourth-order valence-corrected chi connectivity index (χ4v) is 5.52. The van der Waals surface area contributed by atoms with E-state index in [2.05, 4.69) is 34.6 Å². The zero-order chi connectivity index (χ0) is 13.3. The summed E-state index contributed by atoms with van der Waals surface area (Å²) in [5.74, 6) is 5.00. The minimum absolute atomic E-state index is 0.627. The molecule has 2 aliphatic carbocycles. The second-order valence-electron chi connectivity index (χ2n) is 7.60. The van der Waals surface area contributed by atoms with Gasteiger partial charge >= 0.3 is 0 Å². The molecule has 106 valence electrons. The van der Waals surface area contributed by atoms with E-state index in [0.717, 1.165) is 29.6 Å². The first-order valence-corrected chi connectivity index (χ1v) is 8.54. The molecule has 18 heavy (non-hydrogen) atoms. The Hall–Kier alpha value is 0. The van der Waals surface area contributed by atoms with Gasteiger partial charge in [0.1, 0.15) is 0 Å². The standard InChI is InChI=1S/C18H34/c1-6-14(4)18(5)12-11-15-13(3)9-8-10-16(15)17(18)7-2/h13-17H,6-12H2,1-5H3/t13-,14+,15+,16?,17-,18?/m0/s1. The molecule has 0 radical (unpaired) electrons. The number of hydrogen-bond acceptors (Lipinski definition) is 0. The maximum absolute atomic E-state index is 2.62. The van der Waals surface area contributed by atoms with Crippen LogP contribution in [0.5, 0.6) is 0 Å². The van der Waals surface area contributed by atoms with Crippen LogP contribution in [0.1, 0.15) is 79.6 Å². The van der Waals surface area contributed by atoms with Crippen LogP contribution in [-0.2, 0) is 0 Å². The quantitative estimate of drug-likeness (QED) is 0.584. The summed E-state index contributed by atoms with van der Waals surface area (Å²) in [7, 11) is 0. The van der Waals surface area contributed by atoms with Crippen LogP contribution < -0.4 is 0 Å². The highest BCUT2D eigenvalue weighted by atomic mass is 14.5. The van der Waals surface area contributed by atoms with Crippen molar-refractivity contribution < 1.29 is 0 Å². The molecule has 0 saturated heterocycles. The van der Waals surface area contributed by atoms with Crippen LogP contribution in [0.3, 0.4) is 0 Å². The molecule has 2 aliphatic rings. The summed E-state index contributed by atoms with van der Waals surface area (Å²) >= 11 is 0. The maximum atomic E-state index is 2.62. The highest BCUT2D eigenvalue weighted by molar-refractivity contribution is 4.98. The van der Waals surface area contributed by atoms with Crippen LogP contribution in [0.4, 0.5) is 0 Å². The van der Waals surface area contributed by atoms with Gasteiger partial charge in [0, 0.05) is 0 Å². The van der Waals surface area contributed by atoms with Gasteiger partial charge in [0.2, 0.25) is 0 Å². The van der Waals surface area contributed by atoms with Gasteiger partial charge in [0.05, 0.1) is 0 Å². The first kappa shape index (κ1) is 14.4. The third kappa shape index (κ3) is 2.25. The van der Waals surface area contributed by atoms with E-state index >= 15 is 0 Å². The van der Waals surface area contributed by atoms with Crippen molar-refractivity contribution in [3.05, 3.63) is 0 Å². The van der Waals surface area contributed by atoms with Gasteiger partial charge in [-0.1, -0.05) is 60.3 Å². The third-order valence-electron chi connectivity index (χ3n) is 7.04. The molecule has 2 fully saturated rings. The van der Waals surface area contributed by atoms with Crippen LogP contribution in [0.2, 0.25) is 0 Å². The molecule has 0 aliphatic heterocycles. The van der Waals surface area contributed by atoms with Crippen molar-refractivity contribution in [1.29, 1.82) is 0 Å². The Morgan fingerprint density at radius 2 is 1.83 bits per heavy atom. The Kier molecular flexibility index (Phi) is 4.44. The molecule has 0 N–H and O–H groups in total. The van der Waals surface area contributed by atoms with Gasteiger partial charge in [-0.15, -0.1) is 0 Å². The molecule has 6 atom stereocenters. The highest BCUT2D eigenvalue weighted by Gasteiger charge is 2.49. The van der Waals surface area contributed by atoms with Crippen molar-refractivity contribution >= 4 is 0 Å². The van der Waals surface area contributed by atoms with E-state index in [4.69, 9.17) is 0 Å². The van der Waals surface area contributed by atoms with E-state index in [1.54, 1.807) is 0 Å². The van der Waals surface area contributed by atoms with Crippen molar-refractivity contribution in [2.24, 2.45) is 35.0 Å². The predicted octanol–water partition coefficient (Wildman–Crippen LogP) is 5.91. The van der Waals surface area contributed by atoms with Crippen molar-refractivity contribution in [2.75, 3.05) is 0 Å². The molecule has 0 nitrogen and oxygen atoms in total. The first-order valence-electron chi connectivity index (χ1n) is 8.54. The predicted molar refractivity (Wildman–Crippen MR) is 80.6 cm³/mol. The summed E-state index contributed by atoms with van der Waals surface area (Å²) in [4.78, 5) is 0. The largest absolute Gasteiger partial charge is 0.0651 e. The molecule has 0 spiro atoms. The average Bonchev–Trinajstić information content (AvgIpc) is 2.37. The van der Waals surface area contributed by atoms with E-state index in [-0.39, 0.29) is 0 Å². The zero-order valence-electron chi connectivity index (χ0n) is 13.3. The average molecular weight is 250 g/mol. The highest BCUT2D eigenvalue weighted by Crippen LogP contribution is 2.57. The fourth-order valence-electron chi connectivity index (χ4n) is 5.52. The molecule has 0 bridgehead atoms. The third-order valence-corrected chi connectivity index (χ3v) is 7.04. The van der Waals surface area contributed by atoms with Crippen LogP contribution in [-0.4, -0.2) is 0 Å². The van der Waals surface area contributed by atoms with Crippen LogP contribution in [0, 0.1) is 35.0 Å². The maximum Gasteiger partial charge on any atom is -0.0269 e. The SMILES string of the molecule is CC[C@@H](C)C1(C)CC[C@H]2C(CCC[C@@H]2C)[C@@H]1CC. The Bertz CT molecular complexity index is 269. The molecule has 0 amide bonds. The Morgan fingerprint density at radius 1 is 1.11 bits per heavy atom. The lowest BCUT2D eigenvalue weighted by Crippen LogP contribution is -2.47. The van der Waals surface area contributed by atoms with Crippen LogP contribution in [0.15, 0.2) is 0 Å². The van der Waals surface area contributed by atoms with Crippen LogP contribution >= 0.6 is 0 Å². The van der Waals surface area contributed by atoms with E-state index in [1.165, 1.54) is 44.9 Å². The molecule has 2 rings (SSSR count). The first-order chi connectivity index (χ1) is 8.54. The fraction of sp³-hybridized carbons (Fsp3) is 1.00. The summed E-state index contributed by atoms with van der Waals surface area (Å²) in [6, 6.07) is 0.